The van der Waals surface area contributed by atoms with Crippen molar-refractivity contribution in [3.05, 3.63) is 65.7 Å². The lowest BCUT2D eigenvalue weighted by atomic mass is 10.0. The van der Waals surface area contributed by atoms with E-state index in [2.05, 4.69) is 5.32 Å². The minimum absolute atomic E-state index is 0.0713. The third kappa shape index (κ3) is 6.42. The van der Waals surface area contributed by atoms with Gasteiger partial charge in [0.1, 0.15) is 0 Å². The number of piperidine rings is 1. The predicted molar refractivity (Wildman–Crippen MR) is 128 cm³/mol. The molecule has 1 N–H and O–H groups in total. The zero-order valence-electron chi connectivity index (χ0n) is 19.4. The second-order valence-electron chi connectivity index (χ2n) is 8.23. The summed E-state index contributed by atoms with van der Waals surface area (Å²) in [5.74, 6) is 0.00880. The van der Waals surface area contributed by atoms with Crippen LogP contribution in [0.5, 0.6) is 0 Å². The Hall–Kier alpha value is -2.71. The molecule has 1 heterocycles. The Morgan fingerprint density at radius 2 is 1.58 bits per heavy atom. The molecular formula is C25H33N3O4S. The number of nitrogens with zero attached hydrogens (tertiary/aromatic N) is 2. The number of hydrogen-bond donors (Lipinski definition) is 1. The fourth-order valence-corrected chi connectivity index (χ4v) is 5.54. The van der Waals surface area contributed by atoms with Crippen LogP contribution in [0.1, 0.15) is 49.0 Å². The van der Waals surface area contributed by atoms with E-state index in [4.69, 9.17) is 0 Å². The van der Waals surface area contributed by atoms with E-state index in [9.17, 15) is 18.0 Å². The van der Waals surface area contributed by atoms with Gasteiger partial charge in [-0.2, -0.15) is 4.31 Å². The first kappa shape index (κ1) is 24.9. The second kappa shape index (κ2) is 11.4. The van der Waals surface area contributed by atoms with Crippen molar-refractivity contribution in [1.29, 1.82) is 0 Å². The SMILES string of the molecule is CCN(CC)S(=O)(=O)c1ccc(CCC(=O)N2CCC(NC(=O)c3ccccc3)CC2)cc1. The first-order chi connectivity index (χ1) is 15.8. The lowest BCUT2D eigenvalue weighted by Gasteiger charge is -2.32. The molecule has 0 aromatic heterocycles. The van der Waals surface area contributed by atoms with Gasteiger partial charge in [-0.1, -0.05) is 44.2 Å². The lowest BCUT2D eigenvalue weighted by Crippen LogP contribution is -2.46. The van der Waals surface area contributed by atoms with Crippen LogP contribution in [-0.4, -0.2) is 61.7 Å². The standard InChI is InChI=1S/C25H33N3O4S/c1-3-28(4-2)33(31,32)23-13-10-20(11-14-23)12-15-24(29)27-18-16-22(17-19-27)26-25(30)21-8-6-5-7-9-21/h5-11,13-14,22H,3-4,12,15-19H2,1-2H3,(H,26,30). The largest absolute Gasteiger partial charge is 0.349 e. The average Bonchev–Trinajstić information content (AvgIpc) is 2.84. The van der Waals surface area contributed by atoms with Crippen LogP contribution in [0.2, 0.25) is 0 Å². The van der Waals surface area contributed by atoms with Crippen molar-refractivity contribution in [3.8, 4) is 0 Å². The van der Waals surface area contributed by atoms with E-state index in [1.165, 1.54) is 4.31 Å². The molecular weight excluding hydrogens is 438 g/mol. The molecule has 1 aliphatic heterocycles. The van der Waals surface area contributed by atoms with Gasteiger partial charge in [-0.15, -0.1) is 0 Å². The number of nitrogens with one attached hydrogen (secondary N) is 1. The molecule has 3 rings (SSSR count). The second-order valence-corrected chi connectivity index (χ2v) is 10.2. The highest BCUT2D eigenvalue weighted by Crippen LogP contribution is 2.18. The number of carbonyl (C=O) groups is 2. The molecule has 0 unspecified atom stereocenters. The van der Waals surface area contributed by atoms with Crippen molar-refractivity contribution in [2.45, 2.75) is 50.5 Å². The summed E-state index contributed by atoms with van der Waals surface area (Å²) in [6.07, 6.45) is 2.42. The van der Waals surface area contributed by atoms with Gasteiger partial charge in [0.25, 0.3) is 5.91 Å². The zero-order chi connectivity index (χ0) is 23.8. The number of amides is 2. The quantitative estimate of drug-likeness (QED) is 0.609. The molecule has 0 bridgehead atoms. The molecule has 2 amide bonds. The van der Waals surface area contributed by atoms with E-state index >= 15 is 0 Å². The van der Waals surface area contributed by atoms with Gasteiger partial charge in [0.2, 0.25) is 15.9 Å². The molecule has 8 heteroatoms. The van der Waals surface area contributed by atoms with Gasteiger partial charge in [0, 0.05) is 44.2 Å². The number of rotatable bonds is 9. The maximum absolute atomic E-state index is 12.7. The monoisotopic (exact) mass is 471 g/mol. The minimum Gasteiger partial charge on any atom is -0.349 e. The Labute approximate surface area is 196 Å². The van der Waals surface area contributed by atoms with E-state index in [-0.39, 0.29) is 22.8 Å². The van der Waals surface area contributed by atoms with Crippen LogP contribution in [0, 0.1) is 0 Å². The smallest absolute Gasteiger partial charge is 0.251 e. The van der Waals surface area contributed by atoms with E-state index in [0.29, 0.717) is 44.6 Å². The van der Waals surface area contributed by atoms with Gasteiger partial charge in [-0.25, -0.2) is 8.42 Å². The van der Waals surface area contributed by atoms with Gasteiger partial charge in [-0.3, -0.25) is 9.59 Å². The molecule has 0 spiro atoms. The fourth-order valence-electron chi connectivity index (χ4n) is 4.08. The van der Waals surface area contributed by atoms with E-state index < -0.39 is 10.0 Å². The summed E-state index contributed by atoms with van der Waals surface area (Å²) in [5, 5.41) is 3.06. The molecule has 7 nitrogen and oxygen atoms in total. The number of aryl methyl sites for hydroxylation is 1. The summed E-state index contributed by atoms with van der Waals surface area (Å²) in [6, 6.07) is 16.0. The van der Waals surface area contributed by atoms with Crippen LogP contribution < -0.4 is 5.32 Å². The van der Waals surface area contributed by atoms with Crippen LogP contribution in [0.4, 0.5) is 0 Å². The first-order valence-corrected chi connectivity index (χ1v) is 13.0. The Morgan fingerprint density at radius 1 is 0.970 bits per heavy atom. The summed E-state index contributed by atoms with van der Waals surface area (Å²) >= 11 is 0. The molecule has 0 radical (unpaired) electrons. The Kier molecular flexibility index (Phi) is 8.63. The van der Waals surface area contributed by atoms with Gasteiger partial charge < -0.3 is 10.2 Å². The van der Waals surface area contributed by atoms with Crippen molar-refractivity contribution < 1.29 is 18.0 Å². The molecule has 0 atom stereocenters. The predicted octanol–water partition coefficient (Wildman–Crippen LogP) is 3.07. The van der Waals surface area contributed by atoms with Gasteiger partial charge >= 0.3 is 0 Å². The van der Waals surface area contributed by atoms with Crippen molar-refractivity contribution in [2.75, 3.05) is 26.2 Å². The average molecular weight is 472 g/mol. The third-order valence-electron chi connectivity index (χ3n) is 6.11. The van der Waals surface area contributed by atoms with Crippen molar-refractivity contribution in [3.63, 3.8) is 0 Å². The van der Waals surface area contributed by atoms with Gasteiger partial charge in [-0.05, 0) is 49.1 Å². The first-order valence-electron chi connectivity index (χ1n) is 11.6. The summed E-state index contributed by atoms with van der Waals surface area (Å²) in [4.78, 5) is 27.1. The molecule has 1 saturated heterocycles. The molecule has 0 aliphatic carbocycles. The summed E-state index contributed by atoms with van der Waals surface area (Å²) in [7, 11) is -3.47. The van der Waals surface area contributed by atoms with E-state index in [1.807, 2.05) is 36.9 Å². The number of hydrogen-bond acceptors (Lipinski definition) is 4. The number of likely N-dealkylation sites (tertiary alicyclic amines) is 1. The molecule has 178 valence electrons. The fraction of sp³-hybridized carbons (Fsp3) is 0.440. The molecule has 33 heavy (non-hydrogen) atoms. The van der Waals surface area contributed by atoms with E-state index in [0.717, 1.165) is 18.4 Å². The molecule has 1 aliphatic rings. The van der Waals surface area contributed by atoms with Crippen LogP contribution in [0.25, 0.3) is 0 Å². The van der Waals surface area contributed by atoms with E-state index in [1.54, 1.807) is 36.4 Å². The summed E-state index contributed by atoms with van der Waals surface area (Å²) in [6.45, 7) is 5.75. The third-order valence-corrected chi connectivity index (χ3v) is 8.18. The number of carbonyl (C=O) groups excluding carboxylic acids is 2. The minimum atomic E-state index is -3.47. The van der Waals surface area contributed by atoms with Gasteiger partial charge in [0.05, 0.1) is 4.90 Å². The van der Waals surface area contributed by atoms with Crippen LogP contribution in [-0.2, 0) is 21.2 Å². The van der Waals surface area contributed by atoms with Crippen molar-refractivity contribution in [2.24, 2.45) is 0 Å². The molecule has 2 aromatic carbocycles. The molecule has 2 aromatic rings. The Balaban J connectivity index is 1.45. The topological polar surface area (TPSA) is 86.8 Å². The summed E-state index contributed by atoms with van der Waals surface area (Å²) < 4.78 is 26.6. The zero-order valence-corrected chi connectivity index (χ0v) is 20.2. The highest BCUT2D eigenvalue weighted by molar-refractivity contribution is 7.89. The normalized spacial score (nSPS) is 14.9. The lowest BCUT2D eigenvalue weighted by molar-refractivity contribution is -0.132. The Bertz CT molecular complexity index is 1030. The highest BCUT2D eigenvalue weighted by atomic mass is 32.2. The van der Waals surface area contributed by atoms with Crippen LogP contribution >= 0.6 is 0 Å². The number of sulfonamides is 1. The maximum Gasteiger partial charge on any atom is 0.251 e. The number of benzene rings is 2. The Morgan fingerprint density at radius 3 is 2.15 bits per heavy atom. The highest BCUT2D eigenvalue weighted by Gasteiger charge is 2.24. The summed E-state index contributed by atoms with van der Waals surface area (Å²) in [5.41, 5.74) is 1.58. The van der Waals surface area contributed by atoms with Crippen LogP contribution in [0.3, 0.4) is 0 Å². The van der Waals surface area contributed by atoms with Crippen molar-refractivity contribution in [1.82, 2.24) is 14.5 Å². The van der Waals surface area contributed by atoms with Gasteiger partial charge in [0.15, 0.2) is 0 Å². The molecule has 0 saturated carbocycles. The molecule has 1 fully saturated rings. The maximum atomic E-state index is 12.7. The van der Waals surface area contributed by atoms with Crippen LogP contribution in [0.15, 0.2) is 59.5 Å². The van der Waals surface area contributed by atoms with Crippen molar-refractivity contribution >= 4 is 21.8 Å².